The third-order valence-electron chi connectivity index (χ3n) is 22.7. The van der Waals surface area contributed by atoms with Crippen LogP contribution < -0.4 is 37.2 Å². The number of carbonyl (C=O) groups is 8. The Hall–Kier alpha value is -9.73. The van der Waals surface area contributed by atoms with Crippen molar-refractivity contribution in [3.63, 3.8) is 0 Å². The summed E-state index contributed by atoms with van der Waals surface area (Å²) >= 11 is 0. The number of nitrogens with zero attached hydrogens (tertiary/aromatic N) is 8. The van der Waals surface area contributed by atoms with Gasteiger partial charge in [-0.3, -0.25) is 33.6 Å². The standard InChI is InChI=1S/C30H41N5O4.C27H35N5O3.C25H33N5O2/c1-30(2,3)39-29(38)35-15-13-20(14-16-35)17-22(19-31)32-27(36)23-10-6-7-11-24(23)33-28(37)26-18-21-9-5-8-12-25(21)34(26)4;1-18(33)32-13-11-19(12-14-32)15-21(17-28)29-26(34)22-8-4-5-9-23(22)30-27(35)25-16-20-7-3-6-10-24(20)31(25)2;1-30-22-9-5-2-6-18(22)15-23(30)25(32)29-21-8-4-3-7-20(21)24(31)28-19(16-26)14-17-10-12-27-13-11-17/h5,8-9,12,18,20,22-24H,6-7,10-11,13-17H2,1-4H3,(H,32,36)(H,33,37);3,6-7,10,16,19,21-23H,4-5,8-9,11-15H2,1-2H3,(H,29,34)(H,30,35);2,5-6,9,15,17,19-21,27H,3-4,7-8,10-14H2,1H3,(H,28,31)(H,29,32)/t22?,23-,24+;21?,22-,23+;19?,20-,21+/m111/s1. The molecule has 12 rings (SSSR count). The molecule has 6 aliphatic rings. The number of para-hydroxylation sites is 3. The van der Waals surface area contributed by atoms with Crippen molar-refractivity contribution in [2.75, 3.05) is 39.3 Å². The fourth-order valence-electron chi connectivity index (χ4n) is 16.6. The predicted molar refractivity (Wildman–Crippen MR) is 406 cm³/mol. The number of likely N-dealkylation sites (tertiary alicyclic amines) is 2. The number of fused-ring (bicyclic) bond motifs is 3. The van der Waals surface area contributed by atoms with Crippen LogP contribution in [0.2, 0.25) is 0 Å². The van der Waals surface area contributed by atoms with Crippen molar-refractivity contribution >= 4 is 80.2 Å². The van der Waals surface area contributed by atoms with Crippen LogP contribution in [0.15, 0.2) is 91.0 Å². The highest BCUT2D eigenvalue weighted by molar-refractivity contribution is 6.01. The van der Waals surface area contributed by atoms with Gasteiger partial charge in [0.05, 0.1) is 36.0 Å². The smallest absolute Gasteiger partial charge is 0.410 e. The second-order valence-corrected chi connectivity index (χ2v) is 31.2. The minimum absolute atomic E-state index is 0.0856. The number of carbonyl (C=O) groups excluding carboxylic acids is 8. The molecule has 3 unspecified atom stereocenters. The van der Waals surface area contributed by atoms with Gasteiger partial charge in [0.2, 0.25) is 23.6 Å². The van der Waals surface area contributed by atoms with Gasteiger partial charge in [-0.2, -0.15) is 15.8 Å². The highest BCUT2D eigenvalue weighted by Crippen LogP contribution is 2.32. The van der Waals surface area contributed by atoms with Crippen LogP contribution in [0.25, 0.3) is 32.7 Å². The van der Waals surface area contributed by atoms with E-state index >= 15 is 0 Å². The maximum Gasteiger partial charge on any atom is 0.410 e. The van der Waals surface area contributed by atoms with Crippen molar-refractivity contribution < 1.29 is 43.1 Å². The number of nitriles is 3. The van der Waals surface area contributed by atoms with E-state index in [0.717, 1.165) is 149 Å². The van der Waals surface area contributed by atoms with Gasteiger partial charge < -0.3 is 65.5 Å². The maximum atomic E-state index is 13.3. The first-order valence-corrected chi connectivity index (χ1v) is 38.6. The Morgan fingerprint density at radius 1 is 0.453 bits per heavy atom. The molecular formula is C82H109N15O9. The Kier molecular flexibility index (Phi) is 27.5. The van der Waals surface area contributed by atoms with E-state index in [1.54, 1.807) is 11.8 Å². The van der Waals surface area contributed by atoms with Crippen molar-refractivity contribution in [2.45, 2.75) is 204 Å². The minimum Gasteiger partial charge on any atom is -0.444 e. The molecule has 6 aromatic rings. The van der Waals surface area contributed by atoms with Crippen molar-refractivity contribution in [3.05, 3.63) is 108 Å². The van der Waals surface area contributed by atoms with Crippen LogP contribution in [0.3, 0.4) is 0 Å². The number of benzene rings is 3. The molecule has 3 aliphatic heterocycles. The molecule has 0 spiro atoms. The summed E-state index contributed by atoms with van der Waals surface area (Å²) in [4.78, 5) is 107. The minimum atomic E-state index is -0.605. The van der Waals surface area contributed by atoms with Crippen LogP contribution in [-0.2, 0) is 45.1 Å². The first-order chi connectivity index (χ1) is 51.0. The van der Waals surface area contributed by atoms with Crippen LogP contribution in [0.4, 0.5) is 4.79 Å². The lowest BCUT2D eigenvalue weighted by atomic mass is 9.83. The number of hydrogen-bond acceptors (Lipinski definition) is 13. The number of ether oxygens (including phenoxy) is 1. The summed E-state index contributed by atoms with van der Waals surface area (Å²) in [6, 6.07) is 33.7. The van der Waals surface area contributed by atoms with E-state index in [2.05, 4.69) is 55.4 Å². The molecule has 3 aliphatic carbocycles. The second kappa shape index (κ2) is 37.0. The molecule has 0 radical (unpaired) electrons. The zero-order chi connectivity index (χ0) is 75.6. The van der Waals surface area contributed by atoms with Gasteiger partial charge >= 0.3 is 6.09 Å². The zero-order valence-corrected chi connectivity index (χ0v) is 62.9. The number of nitrogens with one attached hydrogen (secondary N) is 7. The average molecular weight is 1450 g/mol. The molecule has 3 aromatic heterocycles. The summed E-state index contributed by atoms with van der Waals surface area (Å²) in [7, 11) is 5.64. The quantitative estimate of drug-likeness (QED) is 0.0421. The van der Waals surface area contributed by atoms with E-state index in [-0.39, 0.29) is 89.2 Å². The lowest BCUT2D eigenvalue weighted by molar-refractivity contribution is -0.130. The van der Waals surface area contributed by atoms with Gasteiger partial charge in [0.1, 0.15) is 40.8 Å². The molecule has 24 heteroatoms. The van der Waals surface area contributed by atoms with Crippen molar-refractivity contribution in [1.82, 2.24) is 60.7 Å². The molecule has 0 bridgehead atoms. The molecule has 3 saturated carbocycles. The number of piperidine rings is 3. The van der Waals surface area contributed by atoms with Gasteiger partial charge in [0.15, 0.2) is 0 Å². The van der Waals surface area contributed by atoms with Crippen LogP contribution in [-0.4, -0.2) is 152 Å². The number of amides is 8. The fraction of sp³-hybridized carbons (Fsp3) is 0.573. The first kappa shape index (κ1) is 78.8. The molecule has 106 heavy (non-hydrogen) atoms. The Balaban J connectivity index is 0.000000171. The Morgan fingerprint density at radius 3 is 1.06 bits per heavy atom. The van der Waals surface area contributed by atoms with E-state index in [0.29, 0.717) is 87.2 Å². The largest absolute Gasteiger partial charge is 0.444 e. The Morgan fingerprint density at radius 2 is 0.755 bits per heavy atom. The monoisotopic (exact) mass is 1450 g/mol. The summed E-state index contributed by atoms with van der Waals surface area (Å²) in [6.45, 7) is 11.7. The average Bonchev–Trinajstić information content (AvgIpc) is 1.67. The van der Waals surface area contributed by atoms with Gasteiger partial charge in [-0.25, -0.2) is 4.79 Å². The highest BCUT2D eigenvalue weighted by atomic mass is 16.6. The summed E-state index contributed by atoms with van der Waals surface area (Å²) in [5.41, 5.74) is 4.17. The number of aromatic nitrogens is 3. The SMILES string of the molecule is CC(=O)N1CCC(CC(C#N)NC(=O)[C@@H]2CCCC[C@@H]2NC(=O)c2cc3ccccc3n2C)CC1.Cn1c(C(=O)N[C@H]2CCCC[C@H]2C(=O)NC(C#N)CC2CCN(C(=O)OC(C)(C)C)CC2)cc2ccccc21.Cn1c(C(=O)N[C@H]2CCCC[C@H]2C(=O)NC(C#N)CC2CCNCC2)cc2ccccc21. The molecule has 9 atom stereocenters. The number of hydrogen-bond donors (Lipinski definition) is 7. The van der Waals surface area contributed by atoms with Gasteiger partial charge in [-0.05, 0) is 184 Å². The van der Waals surface area contributed by atoms with E-state index in [1.807, 2.05) is 152 Å². The number of rotatable bonds is 18. The van der Waals surface area contributed by atoms with Crippen molar-refractivity contribution in [2.24, 2.45) is 56.7 Å². The first-order valence-electron chi connectivity index (χ1n) is 38.6. The summed E-state index contributed by atoms with van der Waals surface area (Å²) in [6.07, 6.45) is 16.9. The van der Waals surface area contributed by atoms with E-state index in [4.69, 9.17) is 4.74 Å². The molecule has 3 aromatic carbocycles. The van der Waals surface area contributed by atoms with E-state index in [1.165, 1.54) is 0 Å². The lowest BCUT2D eigenvalue weighted by Crippen LogP contribution is -2.50. The zero-order valence-electron chi connectivity index (χ0n) is 62.9. The van der Waals surface area contributed by atoms with Gasteiger partial charge in [-0.1, -0.05) is 93.1 Å². The summed E-state index contributed by atoms with van der Waals surface area (Å²) < 4.78 is 11.1. The Labute approximate surface area is 623 Å². The molecule has 24 nitrogen and oxygen atoms in total. The number of aryl methyl sites for hydroxylation is 3. The van der Waals surface area contributed by atoms with Crippen LogP contribution in [0.1, 0.15) is 194 Å². The summed E-state index contributed by atoms with van der Waals surface area (Å²) in [5, 5.41) is 53.7. The summed E-state index contributed by atoms with van der Waals surface area (Å²) in [5.74, 6) is -0.870. The normalized spacial score (nSPS) is 21.8. The molecule has 7 N–H and O–H groups in total. The van der Waals surface area contributed by atoms with Gasteiger partial charge in [0.25, 0.3) is 17.7 Å². The molecule has 566 valence electrons. The lowest BCUT2D eigenvalue weighted by Gasteiger charge is -2.34. The molecular weight excluding hydrogens is 1340 g/mol. The van der Waals surface area contributed by atoms with Crippen LogP contribution in [0.5, 0.6) is 0 Å². The fourth-order valence-corrected chi connectivity index (χ4v) is 16.6. The maximum absolute atomic E-state index is 13.3. The molecule has 8 amide bonds. The topological polar surface area (TPSA) is 323 Å². The van der Waals surface area contributed by atoms with E-state index in [9.17, 15) is 54.1 Å². The van der Waals surface area contributed by atoms with Gasteiger partial charge in [0, 0.05) is 105 Å². The third kappa shape index (κ3) is 20.7. The molecule has 6 heterocycles. The van der Waals surface area contributed by atoms with Crippen molar-refractivity contribution in [1.29, 1.82) is 15.8 Å². The Bertz CT molecular complexity index is 4200. The molecule has 6 fully saturated rings. The van der Waals surface area contributed by atoms with Gasteiger partial charge in [-0.15, -0.1) is 0 Å². The third-order valence-corrected chi connectivity index (χ3v) is 22.7. The second-order valence-electron chi connectivity index (χ2n) is 31.2. The van der Waals surface area contributed by atoms with Crippen LogP contribution >= 0.6 is 0 Å². The molecule has 3 saturated heterocycles. The predicted octanol–water partition coefficient (Wildman–Crippen LogP) is 10.5. The van der Waals surface area contributed by atoms with Crippen LogP contribution in [0, 0.1) is 69.5 Å². The highest BCUT2D eigenvalue weighted by Gasteiger charge is 2.39. The van der Waals surface area contributed by atoms with E-state index < -0.39 is 23.7 Å². The van der Waals surface area contributed by atoms with Crippen molar-refractivity contribution in [3.8, 4) is 18.2 Å².